The minimum atomic E-state index is -1.42. The van der Waals surface area contributed by atoms with Gasteiger partial charge in [0.25, 0.3) is 5.91 Å². The molecule has 0 fully saturated rings. The van der Waals surface area contributed by atoms with E-state index in [1.54, 1.807) is 13.8 Å². The van der Waals surface area contributed by atoms with E-state index < -0.39 is 22.4 Å². The lowest BCUT2D eigenvalue weighted by atomic mass is 10.2. The van der Waals surface area contributed by atoms with Gasteiger partial charge < -0.3 is 9.64 Å². The molecule has 1 rings (SSSR count). The van der Waals surface area contributed by atoms with Gasteiger partial charge in [0.05, 0.1) is 18.9 Å². The number of carbonyl (C=O) groups is 2. The van der Waals surface area contributed by atoms with Crippen molar-refractivity contribution < 1.29 is 14.3 Å². The molecular weight excluding hydrogens is 255 g/mol. The minimum absolute atomic E-state index is 0.180. The zero-order valence-electron chi connectivity index (χ0n) is 8.94. The zero-order chi connectivity index (χ0) is 12.3. The van der Waals surface area contributed by atoms with Crippen molar-refractivity contribution in [1.29, 1.82) is 0 Å². The van der Waals surface area contributed by atoms with Crippen molar-refractivity contribution >= 4 is 41.3 Å². The highest BCUT2D eigenvalue weighted by molar-refractivity contribution is 6.50. The Labute approximate surface area is 103 Å². The normalized spacial score (nSPS) is 23.4. The number of nitrogens with zero attached hydrogens (tertiary/aromatic N) is 2. The fraction of sp³-hybridized carbons (Fsp3) is 0.667. The van der Waals surface area contributed by atoms with E-state index in [9.17, 15) is 9.59 Å². The van der Waals surface area contributed by atoms with E-state index in [2.05, 4.69) is 4.99 Å². The maximum absolute atomic E-state index is 11.5. The minimum Gasteiger partial charge on any atom is -0.465 e. The highest BCUT2D eigenvalue weighted by Gasteiger charge is 2.41. The van der Waals surface area contributed by atoms with Crippen LogP contribution in [0.1, 0.15) is 13.8 Å². The number of hydrogen-bond donors (Lipinski definition) is 0. The van der Waals surface area contributed by atoms with Gasteiger partial charge in [-0.2, -0.15) is 0 Å². The van der Waals surface area contributed by atoms with E-state index >= 15 is 0 Å². The molecule has 7 heteroatoms. The number of carbonyl (C=O) groups excluding carboxylic acids is 2. The molecule has 0 aliphatic carbocycles. The molecule has 0 spiro atoms. The maximum Gasteiger partial charge on any atom is 0.325 e. The van der Waals surface area contributed by atoms with Gasteiger partial charge in [-0.1, -0.05) is 23.2 Å². The van der Waals surface area contributed by atoms with Crippen LogP contribution in [0.25, 0.3) is 0 Å². The number of aliphatic imine (C=N–C) groups is 1. The predicted octanol–water partition coefficient (Wildman–Crippen LogP) is 0.982. The van der Waals surface area contributed by atoms with E-state index in [1.165, 1.54) is 4.90 Å². The molecule has 16 heavy (non-hydrogen) atoms. The summed E-state index contributed by atoms with van der Waals surface area (Å²) in [5.41, 5.74) is 0. The summed E-state index contributed by atoms with van der Waals surface area (Å²) < 4.78 is 3.33. The van der Waals surface area contributed by atoms with Crippen LogP contribution < -0.4 is 0 Å². The second-order valence-electron chi connectivity index (χ2n) is 3.29. The highest BCUT2D eigenvalue weighted by Crippen LogP contribution is 2.32. The first-order valence-corrected chi connectivity index (χ1v) is 5.53. The number of alkyl halides is 2. The van der Waals surface area contributed by atoms with Crippen LogP contribution in [0.2, 0.25) is 0 Å². The topological polar surface area (TPSA) is 59.0 Å². The summed E-state index contributed by atoms with van der Waals surface area (Å²) in [4.78, 5) is 27.7. The highest BCUT2D eigenvalue weighted by atomic mass is 35.5. The Balaban J connectivity index is 2.76. The molecule has 1 atom stereocenters. The molecule has 0 saturated heterocycles. The number of halogens is 2. The first-order valence-electron chi connectivity index (χ1n) is 4.77. The van der Waals surface area contributed by atoms with Gasteiger partial charge in [0, 0.05) is 0 Å². The standard InChI is InChI=1S/C9H12Cl2N2O3/c1-3-16-8(15)5-13-6(2)9(10,11)12-4-7(13)14/h4,6H,3,5H2,1-2H3. The van der Waals surface area contributed by atoms with Crippen LogP contribution in [0.5, 0.6) is 0 Å². The third-order valence-corrected chi connectivity index (χ3v) is 3.03. The van der Waals surface area contributed by atoms with Crippen molar-refractivity contribution in [3.8, 4) is 0 Å². The number of esters is 1. The van der Waals surface area contributed by atoms with Crippen LogP contribution in [-0.2, 0) is 14.3 Å². The van der Waals surface area contributed by atoms with Crippen molar-refractivity contribution in [2.45, 2.75) is 24.3 Å². The Kier molecular flexibility index (Phi) is 4.15. The van der Waals surface area contributed by atoms with Crippen LogP contribution in [-0.4, -0.2) is 46.6 Å². The Morgan fingerprint density at radius 1 is 1.69 bits per heavy atom. The van der Waals surface area contributed by atoms with Crippen molar-refractivity contribution in [2.75, 3.05) is 13.2 Å². The average molecular weight is 267 g/mol. The van der Waals surface area contributed by atoms with Crippen LogP contribution >= 0.6 is 23.2 Å². The molecule has 0 N–H and O–H groups in total. The summed E-state index contributed by atoms with van der Waals surface area (Å²) in [7, 11) is 0. The SMILES string of the molecule is CCOC(=O)CN1C(=O)C=NC(Cl)(Cl)C1C. The molecule has 90 valence electrons. The van der Waals surface area contributed by atoms with Gasteiger partial charge in [0.2, 0.25) is 4.46 Å². The molecule has 0 bridgehead atoms. The van der Waals surface area contributed by atoms with Gasteiger partial charge in [-0.15, -0.1) is 0 Å². The van der Waals surface area contributed by atoms with Crippen molar-refractivity contribution in [2.24, 2.45) is 4.99 Å². The van der Waals surface area contributed by atoms with Gasteiger partial charge in [-0.25, -0.2) is 4.99 Å². The quantitative estimate of drug-likeness (QED) is 0.435. The van der Waals surface area contributed by atoms with Crippen LogP contribution in [0.4, 0.5) is 0 Å². The van der Waals surface area contributed by atoms with Crippen LogP contribution in [0.15, 0.2) is 4.99 Å². The molecule has 5 nitrogen and oxygen atoms in total. The van der Waals surface area contributed by atoms with E-state index in [0.717, 1.165) is 6.21 Å². The van der Waals surface area contributed by atoms with E-state index in [-0.39, 0.29) is 13.2 Å². The third-order valence-electron chi connectivity index (χ3n) is 2.21. The lowest BCUT2D eigenvalue weighted by Crippen LogP contribution is -2.53. The molecule has 0 aromatic rings. The number of hydrogen-bond acceptors (Lipinski definition) is 4. The molecule has 1 heterocycles. The van der Waals surface area contributed by atoms with Gasteiger partial charge in [0.1, 0.15) is 6.54 Å². The maximum atomic E-state index is 11.5. The molecule has 1 aliphatic rings. The van der Waals surface area contributed by atoms with E-state index in [1.807, 2.05) is 0 Å². The molecule has 0 radical (unpaired) electrons. The predicted molar refractivity (Wildman–Crippen MR) is 60.7 cm³/mol. The lowest BCUT2D eigenvalue weighted by Gasteiger charge is -2.36. The smallest absolute Gasteiger partial charge is 0.325 e. The zero-order valence-corrected chi connectivity index (χ0v) is 10.5. The number of amides is 1. The molecule has 0 aromatic carbocycles. The van der Waals surface area contributed by atoms with Crippen LogP contribution in [0.3, 0.4) is 0 Å². The molecule has 1 unspecified atom stereocenters. The summed E-state index contributed by atoms with van der Waals surface area (Å²) >= 11 is 11.7. The van der Waals surface area contributed by atoms with Crippen molar-refractivity contribution in [3.05, 3.63) is 0 Å². The van der Waals surface area contributed by atoms with E-state index in [0.29, 0.717) is 0 Å². The Hall–Kier alpha value is -0.810. The summed E-state index contributed by atoms with van der Waals surface area (Å²) in [5, 5.41) is 0. The summed E-state index contributed by atoms with van der Waals surface area (Å²) in [6.07, 6.45) is 1.01. The molecule has 0 aromatic heterocycles. The summed E-state index contributed by atoms with van der Waals surface area (Å²) in [6, 6.07) is -0.585. The molecule has 1 amide bonds. The molecule has 1 aliphatic heterocycles. The molecule has 0 saturated carbocycles. The van der Waals surface area contributed by atoms with Crippen molar-refractivity contribution in [3.63, 3.8) is 0 Å². The van der Waals surface area contributed by atoms with E-state index in [4.69, 9.17) is 27.9 Å². The summed E-state index contributed by atoms with van der Waals surface area (Å²) in [5.74, 6) is -0.903. The third kappa shape index (κ3) is 2.86. The summed E-state index contributed by atoms with van der Waals surface area (Å²) in [6.45, 7) is 3.39. The first-order chi connectivity index (χ1) is 7.38. The fourth-order valence-electron chi connectivity index (χ4n) is 1.26. The van der Waals surface area contributed by atoms with Gasteiger partial charge in [-0.3, -0.25) is 9.59 Å². The van der Waals surface area contributed by atoms with Gasteiger partial charge in [0.15, 0.2) is 0 Å². The largest absolute Gasteiger partial charge is 0.465 e. The second-order valence-corrected chi connectivity index (χ2v) is 4.64. The fourth-order valence-corrected chi connectivity index (χ4v) is 1.60. The average Bonchev–Trinajstić information content (AvgIpc) is 2.20. The lowest BCUT2D eigenvalue weighted by molar-refractivity contribution is -0.148. The molecular formula is C9H12Cl2N2O3. The monoisotopic (exact) mass is 266 g/mol. The second kappa shape index (κ2) is 5.01. The van der Waals surface area contributed by atoms with Crippen LogP contribution in [0, 0.1) is 0 Å². The van der Waals surface area contributed by atoms with Gasteiger partial charge in [-0.05, 0) is 13.8 Å². The number of rotatable bonds is 3. The Morgan fingerprint density at radius 2 is 2.31 bits per heavy atom. The van der Waals surface area contributed by atoms with Crippen molar-refractivity contribution in [1.82, 2.24) is 4.90 Å². The Morgan fingerprint density at radius 3 is 2.88 bits per heavy atom. The first kappa shape index (κ1) is 13.3. The van der Waals surface area contributed by atoms with Gasteiger partial charge >= 0.3 is 5.97 Å². The Bertz CT molecular complexity index is 331. The number of ether oxygens (including phenoxy) is 1.